The topological polar surface area (TPSA) is 26.0 Å². The van der Waals surface area contributed by atoms with Gasteiger partial charge < -0.3 is 5.73 Å². The van der Waals surface area contributed by atoms with E-state index < -0.39 is 17.6 Å². The van der Waals surface area contributed by atoms with Gasteiger partial charge in [0.1, 0.15) is 0 Å². The molecule has 0 amide bonds. The summed E-state index contributed by atoms with van der Waals surface area (Å²) in [7, 11) is 0. The summed E-state index contributed by atoms with van der Waals surface area (Å²) in [6, 6.07) is 0. The summed E-state index contributed by atoms with van der Waals surface area (Å²) in [5, 5.41) is 3.71. The van der Waals surface area contributed by atoms with Crippen molar-refractivity contribution in [3.63, 3.8) is 0 Å². The fourth-order valence-electron chi connectivity index (χ4n) is 2.47. The molecule has 0 bridgehead atoms. The molecule has 0 spiro atoms. The molecule has 96 valence electrons. The van der Waals surface area contributed by atoms with E-state index in [-0.39, 0.29) is 12.8 Å². The molecule has 0 saturated heterocycles. The lowest BCUT2D eigenvalue weighted by Crippen LogP contribution is -2.44. The van der Waals surface area contributed by atoms with Gasteiger partial charge in [-0.3, -0.25) is 0 Å². The standard InChI is InChI=1S/C11H13BrF3NS/c12-9-6-17-5-8(9)10(16)3-1-2-7(4-10)11(13,14)15/h5-7H,1-4,16H2. The van der Waals surface area contributed by atoms with Crippen LogP contribution in [0.25, 0.3) is 0 Å². The quantitative estimate of drug-likeness (QED) is 0.811. The lowest BCUT2D eigenvalue weighted by molar-refractivity contribution is -0.187. The summed E-state index contributed by atoms with van der Waals surface area (Å²) >= 11 is 4.82. The zero-order valence-electron chi connectivity index (χ0n) is 9.06. The van der Waals surface area contributed by atoms with Gasteiger partial charge in [0.2, 0.25) is 0 Å². The van der Waals surface area contributed by atoms with Crippen LogP contribution in [0.5, 0.6) is 0 Å². The summed E-state index contributed by atoms with van der Waals surface area (Å²) in [6.45, 7) is 0. The van der Waals surface area contributed by atoms with E-state index in [1.54, 1.807) is 0 Å². The zero-order chi connectivity index (χ0) is 12.7. The highest BCUT2D eigenvalue weighted by molar-refractivity contribution is 9.10. The highest BCUT2D eigenvalue weighted by atomic mass is 79.9. The van der Waals surface area contributed by atoms with Gasteiger partial charge in [0.25, 0.3) is 0 Å². The van der Waals surface area contributed by atoms with E-state index in [0.717, 1.165) is 10.0 Å². The molecular formula is C11H13BrF3NS. The zero-order valence-corrected chi connectivity index (χ0v) is 11.5. The molecule has 0 radical (unpaired) electrons. The molecule has 1 aromatic heterocycles. The number of hydrogen-bond acceptors (Lipinski definition) is 2. The van der Waals surface area contributed by atoms with Gasteiger partial charge in [-0.15, -0.1) is 0 Å². The van der Waals surface area contributed by atoms with Crippen LogP contribution in [0.3, 0.4) is 0 Å². The monoisotopic (exact) mass is 327 g/mol. The van der Waals surface area contributed by atoms with E-state index in [9.17, 15) is 13.2 Å². The SMILES string of the molecule is NC1(c2cscc2Br)CCCC(C(F)(F)F)C1. The van der Waals surface area contributed by atoms with Crippen molar-refractivity contribution in [3.8, 4) is 0 Å². The predicted molar refractivity (Wildman–Crippen MR) is 65.9 cm³/mol. The van der Waals surface area contributed by atoms with Crippen LogP contribution >= 0.6 is 27.3 Å². The van der Waals surface area contributed by atoms with Crippen molar-refractivity contribution in [2.24, 2.45) is 11.7 Å². The number of rotatable bonds is 1. The third-order valence-corrected chi connectivity index (χ3v) is 5.10. The van der Waals surface area contributed by atoms with Crippen LogP contribution in [0.1, 0.15) is 31.2 Å². The van der Waals surface area contributed by atoms with Crippen LogP contribution < -0.4 is 5.73 Å². The molecule has 1 nitrogen and oxygen atoms in total. The maximum Gasteiger partial charge on any atom is 0.391 e. The van der Waals surface area contributed by atoms with E-state index in [1.165, 1.54) is 11.3 Å². The van der Waals surface area contributed by atoms with Gasteiger partial charge >= 0.3 is 6.18 Å². The Morgan fingerprint density at radius 2 is 2.12 bits per heavy atom. The molecule has 0 aliphatic heterocycles. The Balaban J connectivity index is 2.24. The lowest BCUT2D eigenvalue weighted by atomic mass is 9.73. The van der Waals surface area contributed by atoms with Crippen LogP contribution in [0, 0.1) is 5.92 Å². The Morgan fingerprint density at radius 1 is 1.41 bits per heavy atom. The molecule has 1 aromatic rings. The van der Waals surface area contributed by atoms with E-state index in [0.29, 0.717) is 12.8 Å². The van der Waals surface area contributed by atoms with Crippen molar-refractivity contribution < 1.29 is 13.2 Å². The highest BCUT2D eigenvalue weighted by Gasteiger charge is 2.47. The lowest BCUT2D eigenvalue weighted by Gasteiger charge is -2.38. The average Bonchev–Trinajstić information content (AvgIpc) is 2.64. The number of thiophene rings is 1. The molecule has 1 aliphatic rings. The Morgan fingerprint density at radius 3 is 2.65 bits per heavy atom. The largest absolute Gasteiger partial charge is 0.391 e. The first-order valence-electron chi connectivity index (χ1n) is 5.41. The highest BCUT2D eigenvalue weighted by Crippen LogP contribution is 2.46. The van der Waals surface area contributed by atoms with Crippen LogP contribution in [-0.4, -0.2) is 6.18 Å². The first-order chi connectivity index (χ1) is 7.83. The molecule has 1 aliphatic carbocycles. The molecule has 2 atom stereocenters. The van der Waals surface area contributed by atoms with Crippen molar-refractivity contribution in [3.05, 3.63) is 20.8 Å². The molecule has 17 heavy (non-hydrogen) atoms. The third kappa shape index (κ3) is 2.69. The molecular weight excluding hydrogens is 315 g/mol. The summed E-state index contributed by atoms with van der Waals surface area (Å²) in [5.74, 6) is -1.27. The van der Waals surface area contributed by atoms with Crippen LogP contribution in [0.15, 0.2) is 15.2 Å². The molecule has 1 saturated carbocycles. The van der Waals surface area contributed by atoms with Gasteiger partial charge in [-0.05, 0) is 46.1 Å². The second-order valence-corrected chi connectivity index (χ2v) is 6.22. The first-order valence-corrected chi connectivity index (χ1v) is 7.14. The van der Waals surface area contributed by atoms with Crippen molar-refractivity contribution in [1.82, 2.24) is 0 Å². The van der Waals surface area contributed by atoms with Gasteiger partial charge in [0.05, 0.1) is 5.92 Å². The normalized spacial score (nSPS) is 30.5. The van der Waals surface area contributed by atoms with Gasteiger partial charge in [-0.1, -0.05) is 6.42 Å². The molecule has 1 fully saturated rings. The van der Waals surface area contributed by atoms with Gasteiger partial charge in [0, 0.05) is 15.4 Å². The number of alkyl halides is 3. The van der Waals surface area contributed by atoms with E-state index in [4.69, 9.17) is 5.73 Å². The van der Waals surface area contributed by atoms with Crippen LogP contribution in [0.4, 0.5) is 13.2 Å². The fourth-order valence-corrected chi connectivity index (χ4v) is 4.27. The molecule has 6 heteroatoms. The maximum atomic E-state index is 12.8. The number of halogens is 4. The molecule has 2 rings (SSSR count). The van der Waals surface area contributed by atoms with E-state index in [1.807, 2.05) is 10.8 Å². The second kappa shape index (κ2) is 4.55. The molecule has 1 heterocycles. The minimum absolute atomic E-state index is 0.00810. The fraction of sp³-hybridized carbons (Fsp3) is 0.636. The van der Waals surface area contributed by atoms with E-state index in [2.05, 4.69) is 15.9 Å². The predicted octanol–water partition coefficient (Wildman–Crippen LogP) is 4.42. The first kappa shape index (κ1) is 13.4. The summed E-state index contributed by atoms with van der Waals surface area (Å²) in [4.78, 5) is 0. The van der Waals surface area contributed by atoms with Crippen molar-refractivity contribution >= 4 is 27.3 Å². The third-order valence-electron chi connectivity index (χ3n) is 3.40. The van der Waals surface area contributed by atoms with Crippen molar-refractivity contribution in [2.75, 3.05) is 0 Å². The van der Waals surface area contributed by atoms with Gasteiger partial charge in [-0.2, -0.15) is 24.5 Å². The summed E-state index contributed by atoms with van der Waals surface area (Å²) in [6.07, 6.45) is -2.79. The van der Waals surface area contributed by atoms with Crippen molar-refractivity contribution in [2.45, 2.75) is 37.4 Å². The van der Waals surface area contributed by atoms with Gasteiger partial charge in [-0.25, -0.2) is 0 Å². The summed E-state index contributed by atoms with van der Waals surface area (Å²) in [5.41, 5.74) is 6.17. The Bertz CT molecular complexity index is 404. The minimum Gasteiger partial charge on any atom is -0.321 e. The molecule has 2 N–H and O–H groups in total. The summed E-state index contributed by atoms with van der Waals surface area (Å²) < 4.78 is 39.1. The number of nitrogens with two attached hydrogens (primary N) is 1. The smallest absolute Gasteiger partial charge is 0.321 e. The second-order valence-electron chi connectivity index (χ2n) is 4.62. The Kier molecular flexibility index (Phi) is 3.58. The van der Waals surface area contributed by atoms with E-state index >= 15 is 0 Å². The Hall–Kier alpha value is -0.0700. The number of hydrogen-bond donors (Lipinski definition) is 1. The Labute approximate surface area is 110 Å². The average molecular weight is 328 g/mol. The van der Waals surface area contributed by atoms with Crippen LogP contribution in [0.2, 0.25) is 0 Å². The molecule has 0 aromatic carbocycles. The maximum absolute atomic E-state index is 12.8. The van der Waals surface area contributed by atoms with Crippen LogP contribution in [-0.2, 0) is 5.54 Å². The van der Waals surface area contributed by atoms with Gasteiger partial charge in [0.15, 0.2) is 0 Å². The minimum atomic E-state index is -4.13. The van der Waals surface area contributed by atoms with Crippen molar-refractivity contribution in [1.29, 1.82) is 0 Å². The molecule has 2 unspecified atom stereocenters.